The second kappa shape index (κ2) is 11.2. The molecule has 0 N–H and O–H groups in total. The zero-order valence-corrected chi connectivity index (χ0v) is 20.3. The molecule has 2 fully saturated rings. The third kappa shape index (κ3) is 5.59. The largest absolute Gasteiger partial charge is 0.497 e. The van der Waals surface area contributed by atoms with Crippen LogP contribution in [0.15, 0.2) is 54.6 Å². The summed E-state index contributed by atoms with van der Waals surface area (Å²) in [7, 11) is 1.71. The lowest BCUT2D eigenvalue weighted by atomic mass is 9.85. The number of likely N-dealkylation sites (tertiary alicyclic amines) is 1. The van der Waals surface area contributed by atoms with Gasteiger partial charge in [-0.2, -0.15) is 0 Å². The van der Waals surface area contributed by atoms with Crippen LogP contribution in [0, 0.1) is 0 Å². The van der Waals surface area contributed by atoms with Gasteiger partial charge in [0.05, 0.1) is 13.8 Å². The van der Waals surface area contributed by atoms with Crippen LogP contribution in [0.3, 0.4) is 0 Å². The van der Waals surface area contributed by atoms with Gasteiger partial charge >= 0.3 is 0 Å². The van der Waals surface area contributed by atoms with E-state index in [4.69, 9.17) is 4.74 Å². The second-order valence-corrected chi connectivity index (χ2v) is 9.58. The molecule has 0 atom stereocenters. The molecule has 0 bridgehead atoms. The summed E-state index contributed by atoms with van der Waals surface area (Å²) in [4.78, 5) is 20.8. The fourth-order valence-electron chi connectivity index (χ4n) is 5.40. The summed E-state index contributed by atoms with van der Waals surface area (Å²) >= 11 is 0. The van der Waals surface area contributed by atoms with E-state index in [1.165, 1.54) is 11.1 Å². The van der Waals surface area contributed by atoms with Gasteiger partial charge in [0, 0.05) is 32.7 Å². The van der Waals surface area contributed by atoms with Crippen LogP contribution in [0.5, 0.6) is 5.75 Å². The number of carbonyl (C=O) groups is 1. The molecule has 0 radical (unpaired) electrons. The van der Waals surface area contributed by atoms with E-state index in [0.717, 1.165) is 83.7 Å². The Morgan fingerprint density at radius 2 is 1.70 bits per heavy atom. The zero-order valence-electron chi connectivity index (χ0n) is 20.3. The van der Waals surface area contributed by atoms with Crippen LogP contribution in [0.1, 0.15) is 50.2 Å². The number of hydrogen-bond acceptors (Lipinski definition) is 4. The number of nitrogens with zero attached hydrogens (tertiary/aromatic N) is 3. The third-order valence-corrected chi connectivity index (χ3v) is 7.37. The van der Waals surface area contributed by atoms with Crippen LogP contribution in [-0.2, 0) is 17.8 Å². The number of aryl methyl sites for hydroxylation is 1. The molecule has 1 amide bonds. The minimum absolute atomic E-state index is 0.299. The molecule has 5 heteroatoms. The number of piperidine rings is 1. The number of unbranched alkanes of at least 4 members (excludes halogenated alkanes) is 1. The molecule has 0 saturated carbocycles. The molecule has 4 rings (SSSR count). The van der Waals surface area contributed by atoms with Crippen LogP contribution < -0.4 is 4.74 Å². The number of amides is 1. The van der Waals surface area contributed by atoms with Crippen molar-refractivity contribution in [3.63, 3.8) is 0 Å². The van der Waals surface area contributed by atoms with Gasteiger partial charge in [-0.25, -0.2) is 0 Å². The second-order valence-electron chi connectivity index (χ2n) is 9.58. The monoisotopic (exact) mass is 449 g/mol. The highest BCUT2D eigenvalue weighted by Crippen LogP contribution is 2.37. The van der Waals surface area contributed by atoms with Gasteiger partial charge < -0.3 is 9.64 Å². The van der Waals surface area contributed by atoms with Crippen molar-refractivity contribution in [2.24, 2.45) is 0 Å². The number of carbonyl (C=O) groups excluding carboxylic acids is 1. The van der Waals surface area contributed by atoms with Gasteiger partial charge in [0.15, 0.2) is 0 Å². The first-order chi connectivity index (χ1) is 16.1. The van der Waals surface area contributed by atoms with E-state index in [9.17, 15) is 4.79 Å². The predicted molar refractivity (Wildman–Crippen MR) is 133 cm³/mol. The maximum atomic E-state index is 13.7. The standard InChI is InChI=1S/C28H39N3O2/c1-3-4-18-31-23-30(17-9-13-24-10-6-5-7-11-24)27(32)28(31)15-19-29(20-16-28)22-25-12-8-14-26(21-25)33-2/h5-8,10-12,14,21H,3-4,9,13,15-20,22-23H2,1-2H3. The molecule has 0 aliphatic carbocycles. The first kappa shape index (κ1) is 23.8. The Balaban J connectivity index is 1.37. The number of rotatable bonds is 10. The maximum absolute atomic E-state index is 13.7. The summed E-state index contributed by atoms with van der Waals surface area (Å²) in [6.45, 7) is 7.74. The van der Waals surface area contributed by atoms with E-state index >= 15 is 0 Å². The Morgan fingerprint density at radius 1 is 0.939 bits per heavy atom. The molecule has 2 heterocycles. The van der Waals surface area contributed by atoms with Crippen molar-refractivity contribution < 1.29 is 9.53 Å². The molecule has 178 valence electrons. The van der Waals surface area contributed by atoms with Crippen molar-refractivity contribution in [1.29, 1.82) is 0 Å². The normalized spacial score (nSPS) is 18.8. The average Bonchev–Trinajstić information content (AvgIpc) is 3.10. The fourth-order valence-corrected chi connectivity index (χ4v) is 5.40. The Morgan fingerprint density at radius 3 is 2.42 bits per heavy atom. The van der Waals surface area contributed by atoms with Gasteiger partial charge in [-0.05, 0) is 55.4 Å². The van der Waals surface area contributed by atoms with E-state index in [1.807, 2.05) is 6.07 Å². The highest BCUT2D eigenvalue weighted by atomic mass is 16.5. The molecule has 2 saturated heterocycles. The molecule has 5 nitrogen and oxygen atoms in total. The summed E-state index contributed by atoms with van der Waals surface area (Å²) in [5.41, 5.74) is 2.33. The number of benzene rings is 2. The molecular formula is C28H39N3O2. The fraction of sp³-hybridized carbons (Fsp3) is 0.536. The molecule has 1 spiro atoms. The Kier molecular flexibility index (Phi) is 8.05. The SMILES string of the molecule is CCCCN1CN(CCCc2ccccc2)C(=O)C12CCN(Cc1cccc(OC)c1)CC2. The Hall–Kier alpha value is -2.37. The van der Waals surface area contributed by atoms with E-state index in [1.54, 1.807) is 7.11 Å². The summed E-state index contributed by atoms with van der Waals surface area (Å²) < 4.78 is 5.38. The van der Waals surface area contributed by atoms with Crippen molar-refractivity contribution in [1.82, 2.24) is 14.7 Å². The van der Waals surface area contributed by atoms with Crippen LogP contribution in [0.25, 0.3) is 0 Å². The maximum Gasteiger partial charge on any atom is 0.244 e. The minimum atomic E-state index is -0.299. The van der Waals surface area contributed by atoms with Crippen molar-refractivity contribution >= 4 is 5.91 Å². The van der Waals surface area contributed by atoms with Gasteiger partial charge in [0.2, 0.25) is 5.91 Å². The smallest absolute Gasteiger partial charge is 0.244 e. The molecule has 2 aliphatic rings. The summed E-state index contributed by atoms with van der Waals surface area (Å²) in [5, 5.41) is 0. The van der Waals surface area contributed by atoms with Gasteiger partial charge in [0.25, 0.3) is 0 Å². The molecular weight excluding hydrogens is 410 g/mol. The van der Waals surface area contributed by atoms with Gasteiger partial charge in [-0.3, -0.25) is 14.6 Å². The summed E-state index contributed by atoms with van der Waals surface area (Å²) in [6.07, 6.45) is 6.22. The topological polar surface area (TPSA) is 36.0 Å². The van der Waals surface area contributed by atoms with Crippen LogP contribution in [0.4, 0.5) is 0 Å². The first-order valence-electron chi connectivity index (χ1n) is 12.6. The van der Waals surface area contributed by atoms with Crippen LogP contribution >= 0.6 is 0 Å². The number of methoxy groups -OCH3 is 1. The zero-order chi connectivity index (χ0) is 23.1. The lowest BCUT2D eigenvalue weighted by molar-refractivity contribution is -0.136. The number of ether oxygens (including phenoxy) is 1. The molecule has 33 heavy (non-hydrogen) atoms. The molecule has 2 aliphatic heterocycles. The highest BCUT2D eigenvalue weighted by molar-refractivity contribution is 5.88. The van der Waals surface area contributed by atoms with Crippen LogP contribution in [0.2, 0.25) is 0 Å². The van der Waals surface area contributed by atoms with Crippen molar-refractivity contribution in [3.05, 3.63) is 65.7 Å². The van der Waals surface area contributed by atoms with Crippen LogP contribution in [-0.4, -0.2) is 66.1 Å². The molecule has 2 aromatic carbocycles. The highest BCUT2D eigenvalue weighted by Gasteiger charge is 2.52. The van der Waals surface area contributed by atoms with E-state index in [-0.39, 0.29) is 5.54 Å². The van der Waals surface area contributed by atoms with Gasteiger partial charge in [-0.15, -0.1) is 0 Å². The van der Waals surface area contributed by atoms with E-state index < -0.39 is 0 Å². The molecule has 0 unspecified atom stereocenters. The van der Waals surface area contributed by atoms with Crippen molar-refractivity contribution in [3.8, 4) is 5.75 Å². The molecule has 0 aromatic heterocycles. The lowest BCUT2D eigenvalue weighted by Crippen LogP contribution is -2.56. The third-order valence-electron chi connectivity index (χ3n) is 7.37. The van der Waals surface area contributed by atoms with E-state index in [2.05, 4.69) is 70.2 Å². The van der Waals surface area contributed by atoms with E-state index in [0.29, 0.717) is 5.91 Å². The minimum Gasteiger partial charge on any atom is -0.497 e. The Labute approximate surface area is 199 Å². The predicted octanol–water partition coefficient (Wildman–Crippen LogP) is 4.56. The number of hydrogen-bond donors (Lipinski definition) is 0. The molecule has 2 aromatic rings. The van der Waals surface area contributed by atoms with Gasteiger partial charge in [0.1, 0.15) is 11.3 Å². The Bertz CT molecular complexity index is 893. The van der Waals surface area contributed by atoms with Crippen molar-refractivity contribution in [2.75, 3.05) is 40.0 Å². The average molecular weight is 450 g/mol. The van der Waals surface area contributed by atoms with Gasteiger partial charge in [-0.1, -0.05) is 55.8 Å². The summed E-state index contributed by atoms with van der Waals surface area (Å²) in [6, 6.07) is 18.9. The lowest BCUT2D eigenvalue weighted by Gasteiger charge is -2.42. The first-order valence-corrected chi connectivity index (χ1v) is 12.6. The quantitative estimate of drug-likeness (QED) is 0.533. The van der Waals surface area contributed by atoms with Crippen molar-refractivity contribution in [2.45, 2.75) is 57.5 Å². The summed E-state index contributed by atoms with van der Waals surface area (Å²) in [5.74, 6) is 1.27.